The highest BCUT2D eigenvalue weighted by molar-refractivity contribution is 7.03. The minimum atomic E-state index is -1.44. The van der Waals surface area contributed by atoms with Crippen molar-refractivity contribution in [1.82, 2.24) is 60.6 Å². The van der Waals surface area contributed by atoms with Gasteiger partial charge >= 0.3 is 17.9 Å². The number of esters is 1. The van der Waals surface area contributed by atoms with E-state index >= 15 is 0 Å². The predicted molar refractivity (Wildman–Crippen MR) is 273 cm³/mol. The van der Waals surface area contributed by atoms with E-state index in [4.69, 9.17) is 55.5 Å². The summed E-state index contributed by atoms with van der Waals surface area (Å²) in [4.78, 5) is 71.3. The van der Waals surface area contributed by atoms with Gasteiger partial charge in [0.15, 0.2) is 17.1 Å². The Labute approximate surface area is 458 Å². The molecular formula is C47H26Cl3F2N17O9S. The van der Waals surface area contributed by atoms with Crippen LogP contribution >= 0.6 is 46.3 Å². The smallest absolute Gasteiger partial charge is 0.340 e. The summed E-state index contributed by atoms with van der Waals surface area (Å²) in [7, 11) is 1.18. The van der Waals surface area contributed by atoms with E-state index in [1.165, 1.54) is 67.4 Å². The molecule has 79 heavy (non-hydrogen) atoms. The van der Waals surface area contributed by atoms with Crippen LogP contribution in [0.15, 0.2) is 96.8 Å². The average Bonchev–Trinajstić information content (AvgIpc) is 4.33. The molecule has 26 nitrogen and oxygen atoms in total. The maximum atomic E-state index is 13.5. The maximum Gasteiger partial charge on any atom is 0.340 e. The molecule has 0 radical (unpaired) electrons. The molecule has 3 amide bonds. The van der Waals surface area contributed by atoms with E-state index in [-0.39, 0.29) is 66.0 Å². The van der Waals surface area contributed by atoms with Crippen LogP contribution in [0.2, 0.25) is 15.1 Å². The third-order valence-electron chi connectivity index (χ3n) is 10.1. The van der Waals surface area contributed by atoms with Crippen LogP contribution in [0.5, 0.6) is 0 Å². The highest BCUT2D eigenvalue weighted by atomic mass is 35.5. The number of nitrogens with zero attached hydrogens (tertiary/aromatic N) is 12. The average molecular weight is 1150 g/mol. The molecule has 9 rings (SSSR count). The number of H-pyrrole nitrogens is 2. The number of aromatic amines is 2. The summed E-state index contributed by atoms with van der Waals surface area (Å²) in [5, 5.41) is 83.9. The number of carbonyl (C=O) groups is 6. The van der Waals surface area contributed by atoms with Crippen LogP contribution < -0.4 is 16.0 Å². The summed E-state index contributed by atoms with van der Waals surface area (Å²) in [6.45, 7) is 0. The number of carbonyl (C=O) groups excluding carboxylic acids is 4. The molecular weight excluding hydrogens is 1120 g/mol. The number of ether oxygens (including phenoxy) is 1. The fraction of sp³-hybridized carbons (Fsp3) is 0.0213. The quantitative estimate of drug-likeness (QED) is 0.0577. The van der Waals surface area contributed by atoms with Crippen molar-refractivity contribution in [3.05, 3.63) is 168 Å². The topological polar surface area (TPSA) is 396 Å². The van der Waals surface area contributed by atoms with E-state index in [2.05, 4.69) is 81.3 Å². The zero-order valence-electron chi connectivity index (χ0n) is 39.2. The fourth-order valence-corrected chi connectivity index (χ4v) is 7.33. The molecule has 0 saturated heterocycles. The van der Waals surface area contributed by atoms with Gasteiger partial charge in [0.1, 0.15) is 40.9 Å². The SMILES string of the molecule is COC(=O)c1cc(C#N)c(Cl)cc1NC(=O)c1ccc(-c2cn[nH]n2)nn1.N#Cc1[nH]ncc1-c1ccc(C(=O)Nc2cc(Cl)c(F)cc2C(=O)O)nn1.O=C(Nc1cc(Cl)c(F)cc1C(=O)O)c1ccc(-c2cnsc2)nn1. The van der Waals surface area contributed by atoms with E-state index in [1.54, 1.807) is 23.7 Å². The molecule has 394 valence electrons. The lowest BCUT2D eigenvalue weighted by Gasteiger charge is -2.11. The number of hydrogen-bond acceptors (Lipinski definition) is 20. The summed E-state index contributed by atoms with van der Waals surface area (Å²) < 4.78 is 35.5. The van der Waals surface area contributed by atoms with E-state index in [1.807, 2.05) is 12.1 Å². The first-order valence-corrected chi connectivity index (χ1v) is 23.3. The normalized spacial score (nSPS) is 10.3. The number of carboxylic acids is 2. The minimum Gasteiger partial charge on any atom is -0.478 e. The molecule has 6 heterocycles. The first-order valence-electron chi connectivity index (χ1n) is 21.3. The summed E-state index contributed by atoms with van der Waals surface area (Å²) in [5.74, 6) is -7.50. The molecule has 0 aliphatic rings. The molecule has 32 heteroatoms. The van der Waals surface area contributed by atoms with Gasteiger partial charge in [0.2, 0.25) is 0 Å². The van der Waals surface area contributed by atoms with E-state index in [9.17, 15) is 37.5 Å². The monoisotopic (exact) mass is 1150 g/mol. The van der Waals surface area contributed by atoms with Crippen molar-refractivity contribution >= 4 is 99.0 Å². The zero-order valence-corrected chi connectivity index (χ0v) is 42.2. The summed E-state index contributed by atoms with van der Waals surface area (Å²) >= 11 is 18.5. The molecule has 0 aliphatic carbocycles. The number of anilines is 3. The second-order valence-electron chi connectivity index (χ2n) is 15.0. The molecule has 0 aliphatic heterocycles. The fourth-order valence-electron chi connectivity index (χ4n) is 6.27. The number of aromatic nitrogens is 12. The van der Waals surface area contributed by atoms with Gasteiger partial charge < -0.3 is 30.9 Å². The molecule has 0 atom stereocenters. The molecule has 0 saturated carbocycles. The van der Waals surface area contributed by atoms with Gasteiger partial charge in [0, 0.05) is 10.9 Å². The van der Waals surface area contributed by atoms with Gasteiger partial charge in [0.25, 0.3) is 17.7 Å². The first-order chi connectivity index (χ1) is 37.9. The van der Waals surface area contributed by atoms with Gasteiger partial charge in [-0.1, -0.05) is 34.8 Å². The predicted octanol–water partition coefficient (Wildman–Crippen LogP) is 7.65. The van der Waals surface area contributed by atoms with Gasteiger partial charge in [-0.25, -0.2) is 27.5 Å². The standard InChI is InChI=1S/C16H8ClFN6O3.C16H10ClN7O3.C15H8ClFN4O3S/c17-9-4-13(7(16(26)27)3-10(9)18)21-15(25)12-2-1-11(23-24-12)8-6-20-22-14(8)5-19;1-27-16(26)9-4-8(6-18)10(17)5-13(9)20-15(25)12-3-2-11(21-22-12)14-7-19-24-23-14;16-9-4-13(8(15(23)24)3-10(9)17)19-14(22)12-2-1-11(20-21-12)7-5-18-25-6-7/h1-4,6H,(H,20,22)(H,21,25)(H,26,27);2-5,7H,1H3,(H,20,25)(H,19,23,24);1-6H,(H,19,22)(H,23,24). The van der Waals surface area contributed by atoms with E-state index in [0.29, 0.717) is 34.4 Å². The van der Waals surface area contributed by atoms with Crippen molar-refractivity contribution in [2.45, 2.75) is 0 Å². The lowest BCUT2D eigenvalue weighted by atomic mass is 10.1. The van der Waals surface area contributed by atoms with Crippen LogP contribution in [-0.2, 0) is 4.74 Å². The zero-order chi connectivity index (χ0) is 56.9. The van der Waals surface area contributed by atoms with Gasteiger partial charge in [0.05, 0.1) is 97.0 Å². The third-order valence-corrected chi connectivity index (χ3v) is 11.6. The number of aromatic carboxylic acids is 2. The van der Waals surface area contributed by atoms with Gasteiger partial charge in [-0.2, -0.15) is 31.0 Å². The van der Waals surface area contributed by atoms with E-state index < -0.39 is 58.4 Å². The Hall–Kier alpha value is -10.6. The molecule has 3 aromatic carbocycles. The van der Waals surface area contributed by atoms with Crippen molar-refractivity contribution in [2.24, 2.45) is 0 Å². The summed E-state index contributed by atoms with van der Waals surface area (Å²) in [6.07, 6.45) is 4.47. The number of nitrogens with one attached hydrogen (secondary N) is 5. The Morgan fingerprint density at radius 1 is 0.608 bits per heavy atom. The van der Waals surface area contributed by atoms with Crippen molar-refractivity contribution in [3.8, 4) is 46.0 Å². The number of rotatable bonds is 12. The van der Waals surface area contributed by atoms with E-state index in [0.717, 1.165) is 23.8 Å². The third kappa shape index (κ3) is 13.6. The second kappa shape index (κ2) is 25.3. The molecule has 7 N–H and O–H groups in total. The van der Waals surface area contributed by atoms with Crippen molar-refractivity contribution in [2.75, 3.05) is 23.1 Å². The summed E-state index contributed by atoms with van der Waals surface area (Å²) in [6, 6.07) is 18.5. The molecule has 0 spiro atoms. The molecule has 0 fully saturated rings. The molecule has 6 aromatic heterocycles. The van der Waals surface area contributed by atoms with Crippen molar-refractivity contribution < 1.29 is 52.5 Å². The van der Waals surface area contributed by atoms with Gasteiger partial charge in [-0.05, 0) is 84.3 Å². The summed E-state index contributed by atoms with van der Waals surface area (Å²) in [5.41, 5.74) is 1.88. The highest BCUT2D eigenvalue weighted by Gasteiger charge is 2.22. The van der Waals surface area contributed by atoms with Crippen LogP contribution in [0.1, 0.15) is 73.8 Å². The van der Waals surface area contributed by atoms with Crippen LogP contribution in [-0.4, -0.2) is 114 Å². The van der Waals surface area contributed by atoms with Crippen LogP contribution in [0.3, 0.4) is 0 Å². The second-order valence-corrected chi connectivity index (χ2v) is 16.9. The molecule has 9 aromatic rings. The first kappa shape index (κ1) is 56.1. The van der Waals surface area contributed by atoms with Crippen LogP contribution in [0.4, 0.5) is 25.8 Å². The van der Waals surface area contributed by atoms with Crippen molar-refractivity contribution in [1.29, 1.82) is 10.5 Å². The Bertz CT molecular complexity index is 3880. The number of amides is 3. The van der Waals surface area contributed by atoms with Gasteiger partial charge in [-0.15, -0.1) is 30.6 Å². The van der Waals surface area contributed by atoms with Gasteiger partial charge in [-0.3, -0.25) is 19.5 Å². The number of carboxylic acid groups (broad SMARTS) is 2. The van der Waals surface area contributed by atoms with Crippen molar-refractivity contribution in [3.63, 3.8) is 0 Å². The number of hydrogen-bond donors (Lipinski definition) is 7. The van der Waals surface area contributed by atoms with Crippen LogP contribution in [0.25, 0.3) is 33.9 Å². The molecule has 0 bridgehead atoms. The highest BCUT2D eigenvalue weighted by Crippen LogP contribution is 2.29. The Kier molecular flexibility index (Phi) is 18.0. The number of nitriles is 2. The maximum absolute atomic E-state index is 13.5. The number of halogens is 5. The number of methoxy groups -OCH3 is 1. The van der Waals surface area contributed by atoms with Crippen LogP contribution in [0, 0.1) is 34.3 Å². The lowest BCUT2D eigenvalue weighted by Crippen LogP contribution is -2.17. The largest absolute Gasteiger partial charge is 0.478 e. The minimum absolute atomic E-state index is 0.00135. The Morgan fingerprint density at radius 2 is 1.11 bits per heavy atom. The Balaban J connectivity index is 0.000000172. The number of benzene rings is 3. The lowest BCUT2D eigenvalue weighted by molar-refractivity contribution is 0.0599. The Morgan fingerprint density at radius 3 is 1.54 bits per heavy atom. The molecule has 0 unspecified atom stereocenters.